The minimum atomic E-state index is -0.118. The summed E-state index contributed by atoms with van der Waals surface area (Å²) >= 11 is 0. The van der Waals surface area contributed by atoms with Gasteiger partial charge in [-0.15, -0.1) is 0 Å². The molecule has 27 heavy (non-hydrogen) atoms. The van der Waals surface area contributed by atoms with Crippen LogP contribution in [0.5, 0.6) is 17.2 Å². The number of rotatable bonds is 5. The molecule has 3 rings (SSSR count). The second kappa shape index (κ2) is 8.20. The average molecular weight is 370 g/mol. The summed E-state index contributed by atoms with van der Waals surface area (Å²) in [7, 11) is 3.24. The van der Waals surface area contributed by atoms with Crippen LogP contribution in [0.3, 0.4) is 0 Å². The van der Waals surface area contributed by atoms with Crippen LogP contribution in [-0.2, 0) is 13.0 Å². The number of anilines is 1. The summed E-state index contributed by atoms with van der Waals surface area (Å²) in [5.41, 5.74) is 3.01. The van der Waals surface area contributed by atoms with Gasteiger partial charge in [0.25, 0.3) is 0 Å². The Labute approximate surface area is 160 Å². The van der Waals surface area contributed by atoms with Gasteiger partial charge in [-0.3, -0.25) is 0 Å². The van der Waals surface area contributed by atoms with Gasteiger partial charge >= 0.3 is 6.03 Å². The Bertz CT molecular complexity index is 803. The van der Waals surface area contributed by atoms with E-state index in [1.165, 1.54) is 5.56 Å². The molecule has 0 radical (unpaired) electrons. The van der Waals surface area contributed by atoms with E-state index in [4.69, 9.17) is 14.2 Å². The molecule has 1 heterocycles. The lowest BCUT2D eigenvalue weighted by Gasteiger charge is -2.29. The van der Waals surface area contributed by atoms with E-state index >= 15 is 0 Å². The van der Waals surface area contributed by atoms with Crippen LogP contribution in [0.1, 0.15) is 25.0 Å². The second-order valence-corrected chi connectivity index (χ2v) is 6.77. The van der Waals surface area contributed by atoms with Gasteiger partial charge in [-0.25, -0.2) is 4.79 Å². The fourth-order valence-corrected chi connectivity index (χ4v) is 3.15. The molecule has 1 aliphatic heterocycles. The quantitative estimate of drug-likeness (QED) is 0.861. The Kier molecular flexibility index (Phi) is 5.74. The zero-order valence-corrected chi connectivity index (χ0v) is 16.2. The number of methoxy groups -OCH3 is 2. The van der Waals surface area contributed by atoms with Gasteiger partial charge in [0, 0.05) is 18.8 Å². The summed E-state index contributed by atoms with van der Waals surface area (Å²) in [5, 5.41) is 2.95. The average Bonchev–Trinajstić information content (AvgIpc) is 2.67. The molecule has 0 spiro atoms. The summed E-state index contributed by atoms with van der Waals surface area (Å²) in [6.07, 6.45) is 0.902. The van der Waals surface area contributed by atoms with Gasteiger partial charge in [0.2, 0.25) is 0 Å². The summed E-state index contributed by atoms with van der Waals surface area (Å²) in [6.45, 7) is 5.15. The van der Waals surface area contributed by atoms with Crippen LogP contribution >= 0.6 is 0 Å². The van der Waals surface area contributed by atoms with E-state index in [0.717, 1.165) is 29.2 Å². The molecule has 0 aromatic heterocycles. The zero-order chi connectivity index (χ0) is 19.4. The number of nitrogens with one attached hydrogen (secondary N) is 1. The van der Waals surface area contributed by atoms with E-state index in [-0.39, 0.29) is 12.1 Å². The molecular weight excluding hydrogens is 344 g/mol. The number of hydrogen-bond donors (Lipinski definition) is 1. The molecule has 0 fully saturated rings. The van der Waals surface area contributed by atoms with Crippen molar-refractivity contribution in [2.24, 2.45) is 0 Å². The Morgan fingerprint density at radius 1 is 1.04 bits per heavy atom. The molecule has 0 bridgehead atoms. The highest BCUT2D eigenvalue weighted by Crippen LogP contribution is 2.33. The lowest BCUT2D eigenvalue weighted by Crippen LogP contribution is -2.38. The molecule has 6 nitrogen and oxygen atoms in total. The Balaban J connectivity index is 1.67. The number of urea groups is 1. The van der Waals surface area contributed by atoms with E-state index in [0.29, 0.717) is 18.8 Å². The van der Waals surface area contributed by atoms with Gasteiger partial charge in [0.1, 0.15) is 5.75 Å². The van der Waals surface area contributed by atoms with Crippen LogP contribution in [0, 0.1) is 0 Å². The van der Waals surface area contributed by atoms with E-state index in [1.807, 2.05) is 50.2 Å². The summed E-state index contributed by atoms with van der Waals surface area (Å²) in [5.74, 6) is 2.19. The van der Waals surface area contributed by atoms with Crippen molar-refractivity contribution in [3.8, 4) is 17.2 Å². The van der Waals surface area contributed by atoms with Gasteiger partial charge in [-0.05, 0) is 67.8 Å². The molecule has 0 saturated heterocycles. The van der Waals surface area contributed by atoms with E-state index in [9.17, 15) is 4.79 Å². The first-order valence-corrected chi connectivity index (χ1v) is 9.06. The lowest BCUT2D eigenvalue weighted by atomic mass is 9.99. The van der Waals surface area contributed by atoms with Crippen LogP contribution < -0.4 is 19.5 Å². The van der Waals surface area contributed by atoms with Crippen molar-refractivity contribution in [3.05, 3.63) is 47.5 Å². The largest absolute Gasteiger partial charge is 0.493 e. The first-order valence-electron chi connectivity index (χ1n) is 9.06. The number of ether oxygens (including phenoxy) is 3. The molecular formula is C21H26N2O4. The minimum absolute atomic E-state index is 0.118. The van der Waals surface area contributed by atoms with Crippen LogP contribution in [0.2, 0.25) is 0 Å². The number of benzene rings is 2. The fraction of sp³-hybridized carbons (Fsp3) is 0.381. The monoisotopic (exact) mass is 370 g/mol. The number of carbonyl (C=O) groups excluding carboxylic acids is 1. The Morgan fingerprint density at radius 2 is 1.67 bits per heavy atom. The third-order valence-corrected chi connectivity index (χ3v) is 4.48. The molecule has 2 aromatic carbocycles. The molecule has 1 aliphatic rings. The molecule has 0 saturated carbocycles. The summed E-state index contributed by atoms with van der Waals surface area (Å²) in [6, 6.07) is 11.2. The normalized spacial score (nSPS) is 13.1. The maximum atomic E-state index is 12.6. The lowest BCUT2D eigenvalue weighted by molar-refractivity contribution is 0.206. The number of nitrogens with zero attached hydrogens (tertiary/aromatic N) is 1. The van der Waals surface area contributed by atoms with E-state index in [1.54, 1.807) is 19.1 Å². The maximum absolute atomic E-state index is 12.6. The van der Waals surface area contributed by atoms with Crippen molar-refractivity contribution in [2.75, 3.05) is 26.1 Å². The third-order valence-electron chi connectivity index (χ3n) is 4.48. The van der Waals surface area contributed by atoms with Crippen molar-refractivity contribution >= 4 is 11.7 Å². The Hall–Kier alpha value is -2.89. The third kappa shape index (κ3) is 4.45. The zero-order valence-electron chi connectivity index (χ0n) is 16.2. The van der Waals surface area contributed by atoms with Crippen LogP contribution in [-0.4, -0.2) is 37.8 Å². The first kappa shape index (κ1) is 18.9. The molecule has 0 aliphatic carbocycles. The van der Waals surface area contributed by atoms with Gasteiger partial charge in [-0.1, -0.05) is 0 Å². The highest BCUT2D eigenvalue weighted by Gasteiger charge is 2.23. The molecule has 6 heteroatoms. The van der Waals surface area contributed by atoms with Crippen molar-refractivity contribution in [1.29, 1.82) is 0 Å². The van der Waals surface area contributed by atoms with Crippen LogP contribution in [0.25, 0.3) is 0 Å². The van der Waals surface area contributed by atoms with Gasteiger partial charge in [0.05, 0.1) is 20.3 Å². The number of carbonyl (C=O) groups is 1. The van der Waals surface area contributed by atoms with Gasteiger partial charge in [0.15, 0.2) is 11.5 Å². The second-order valence-electron chi connectivity index (χ2n) is 6.77. The topological polar surface area (TPSA) is 60.0 Å². The van der Waals surface area contributed by atoms with Crippen molar-refractivity contribution < 1.29 is 19.0 Å². The SMILES string of the molecule is COc1cc2c(cc1OC)CN(C(=O)Nc1ccc(OC(C)C)cc1)CC2. The van der Waals surface area contributed by atoms with Gasteiger partial charge < -0.3 is 24.4 Å². The highest BCUT2D eigenvalue weighted by atomic mass is 16.5. The molecule has 0 atom stereocenters. The molecule has 2 amide bonds. The number of amides is 2. The molecule has 144 valence electrons. The predicted molar refractivity (Wildman–Crippen MR) is 105 cm³/mol. The maximum Gasteiger partial charge on any atom is 0.322 e. The van der Waals surface area contributed by atoms with Crippen LogP contribution in [0.15, 0.2) is 36.4 Å². The predicted octanol–water partition coefficient (Wildman–Crippen LogP) is 4.08. The van der Waals surface area contributed by atoms with Gasteiger partial charge in [-0.2, -0.15) is 0 Å². The molecule has 1 N–H and O–H groups in total. The fourth-order valence-electron chi connectivity index (χ4n) is 3.15. The van der Waals surface area contributed by atoms with Crippen molar-refractivity contribution in [3.63, 3.8) is 0 Å². The van der Waals surface area contributed by atoms with Crippen molar-refractivity contribution in [2.45, 2.75) is 32.9 Å². The highest BCUT2D eigenvalue weighted by molar-refractivity contribution is 5.89. The number of hydrogen-bond acceptors (Lipinski definition) is 4. The summed E-state index contributed by atoms with van der Waals surface area (Å²) in [4.78, 5) is 14.4. The Morgan fingerprint density at radius 3 is 2.26 bits per heavy atom. The first-order chi connectivity index (χ1) is 13.0. The summed E-state index contributed by atoms with van der Waals surface area (Å²) < 4.78 is 16.4. The number of fused-ring (bicyclic) bond motifs is 1. The van der Waals surface area contributed by atoms with E-state index in [2.05, 4.69) is 5.32 Å². The van der Waals surface area contributed by atoms with Crippen molar-refractivity contribution in [1.82, 2.24) is 4.90 Å². The standard InChI is InChI=1S/C21H26N2O4/c1-14(2)27-18-7-5-17(6-8-18)22-21(24)23-10-9-15-11-19(25-3)20(26-4)12-16(15)13-23/h5-8,11-12,14H,9-10,13H2,1-4H3,(H,22,24). The smallest absolute Gasteiger partial charge is 0.322 e. The van der Waals surface area contributed by atoms with Crippen LogP contribution in [0.4, 0.5) is 10.5 Å². The van der Waals surface area contributed by atoms with E-state index < -0.39 is 0 Å². The minimum Gasteiger partial charge on any atom is -0.493 e. The molecule has 2 aromatic rings. The molecule has 0 unspecified atom stereocenters.